The third-order valence-electron chi connectivity index (χ3n) is 8.84. The van der Waals surface area contributed by atoms with Crippen LogP contribution in [0.5, 0.6) is 46.0 Å². The fourth-order valence-corrected chi connectivity index (χ4v) is 5.69. The van der Waals surface area contributed by atoms with E-state index >= 15 is 0 Å². The van der Waals surface area contributed by atoms with Crippen molar-refractivity contribution >= 4 is 11.9 Å². The maximum absolute atomic E-state index is 13.1. The van der Waals surface area contributed by atoms with Gasteiger partial charge in [-0.2, -0.15) is 0 Å². The molecule has 0 amide bonds. The summed E-state index contributed by atoms with van der Waals surface area (Å²) in [6.45, 7) is -1.23. The zero-order chi connectivity index (χ0) is 40.8. The molecule has 2 saturated heterocycles. The molecule has 0 spiro atoms. The van der Waals surface area contributed by atoms with Crippen LogP contribution >= 0.6 is 0 Å². The molecule has 3 aromatic rings. The van der Waals surface area contributed by atoms with Gasteiger partial charge in [0.1, 0.15) is 67.8 Å². The molecular formula is C36H42O20. The second-order valence-corrected chi connectivity index (χ2v) is 12.4. The number of methoxy groups -OCH3 is 4. The van der Waals surface area contributed by atoms with E-state index in [2.05, 4.69) is 0 Å². The Kier molecular flexibility index (Phi) is 13.5. The van der Waals surface area contributed by atoms with Gasteiger partial charge in [-0.25, -0.2) is 9.59 Å². The average Bonchev–Trinajstić information content (AvgIpc) is 3.20. The molecule has 20 heteroatoms. The normalized spacial score (nSPS) is 27.4. The topological polar surface area (TPSA) is 288 Å². The number of hydrogen-bond donors (Lipinski definition) is 8. The molecule has 10 atom stereocenters. The van der Waals surface area contributed by atoms with Crippen molar-refractivity contribution in [2.24, 2.45) is 0 Å². The smallest absolute Gasteiger partial charge is 0.338 e. The van der Waals surface area contributed by atoms with Crippen LogP contribution in [0.3, 0.4) is 0 Å². The van der Waals surface area contributed by atoms with E-state index in [9.17, 15) is 50.4 Å². The molecule has 2 aliphatic rings. The van der Waals surface area contributed by atoms with Crippen molar-refractivity contribution in [1.82, 2.24) is 0 Å². The second-order valence-electron chi connectivity index (χ2n) is 12.4. The monoisotopic (exact) mass is 794 g/mol. The Balaban J connectivity index is 1.21. The van der Waals surface area contributed by atoms with Gasteiger partial charge in [-0.1, -0.05) is 0 Å². The molecule has 5 rings (SSSR count). The lowest BCUT2D eigenvalue weighted by Gasteiger charge is -2.40. The first-order valence-electron chi connectivity index (χ1n) is 16.8. The minimum Gasteiger partial charge on any atom is -0.508 e. The molecule has 20 nitrogen and oxygen atoms in total. The van der Waals surface area contributed by atoms with Crippen LogP contribution in [0.15, 0.2) is 48.5 Å². The number of carbonyl (C=O) groups is 2. The molecule has 0 aromatic heterocycles. The summed E-state index contributed by atoms with van der Waals surface area (Å²) in [5.41, 5.74) is -0.170. The number of phenols is 2. The molecule has 8 N–H and O–H groups in total. The average molecular weight is 795 g/mol. The largest absolute Gasteiger partial charge is 0.508 e. The molecule has 2 fully saturated rings. The summed E-state index contributed by atoms with van der Waals surface area (Å²) in [7, 11) is 5.09. The first-order valence-corrected chi connectivity index (χ1v) is 16.8. The molecule has 0 unspecified atom stereocenters. The van der Waals surface area contributed by atoms with Crippen LogP contribution in [0.25, 0.3) is 0 Å². The highest BCUT2D eigenvalue weighted by Gasteiger charge is 2.47. The highest BCUT2D eigenvalue weighted by atomic mass is 16.7. The van der Waals surface area contributed by atoms with E-state index in [1.54, 1.807) is 0 Å². The van der Waals surface area contributed by atoms with E-state index in [0.29, 0.717) is 0 Å². The number of rotatable bonds is 14. The molecule has 2 aliphatic heterocycles. The Hall–Kier alpha value is -5.32. The van der Waals surface area contributed by atoms with E-state index in [0.717, 1.165) is 0 Å². The maximum Gasteiger partial charge on any atom is 0.338 e. The highest BCUT2D eigenvalue weighted by Crippen LogP contribution is 2.38. The van der Waals surface area contributed by atoms with Crippen molar-refractivity contribution in [2.45, 2.75) is 61.4 Å². The van der Waals surface area contributed by atoms with Crippen LogP contribution in [0.2, 0.25) is 0 Å². The van der Waals surface area contributed by atoms with Gasteiger partial charge in [-0.05, 0) is 42.5 Å². The lowest BCUT2D eigenvalue weighted by Crippen LogP contribution is -2.60. The van der Waals surface area contributed by atoms with Gasteiger partial charge < -0.3 is 88.2 Å². The Morgan fingerprint density at radius 3 is 1.39 bits per heavy atom. The molecule has 0 radical (unpaired) electrons. The Morgan fingerprint density at radius 2 is 0.929 bits per heavy atom. The minimum absolute atomic E-state index is 0.0345. The molecule has 0 saturated carbocycles. The number of hydrogen-bond acceptors (Lipinski definition) is 20. The number of aromatic hydroxyl groups is 2. The predicted octanol–water partition coefficient (Wildman–Crippen LogP) is -0.781. The lowest BCUT2D eigenvalue weighted by molar-refractivity contribution is -0.277. The van der Waals surface area contributed by atoms with Crippen molar-refractivity contribution in [1.29, 1.82) is 0 Å². The van der Waals surface area contributed by atoms with Crippen LogP contribution in [0.4, 0.5) is 0 Å². The summed E-state index contributed by atoms with van der Waals surface area (Å²) in [6, 6.07) is 9.96. The fraction of sp³-hybridized carbons (Fsp3) is 0.444. The quantitative estimate of drug-likeness (QED) is 0.0929. The number of aliphatic hydroxyl groups is 6. The summed E-state index contributed by atoms with van der Waals surface area (Å²) in [5, 5.41) is 83.1. The van der Waals surface area contributed by atoms with E-state index in [-0.39, 0.29) is 57.1 Å². The third-order valence-corrected chi connectivity index (χ3v) is 8.84. The summed E-state index contributed by atoms with van der Waals surface area (Å²) in [5.74, 6) is -2.54. The van der Waals surface area contributed by atoms with E-state index in [1.807, 2.05) is 0 Å². The standard InChI is InChI=1S/C36H42O20/c1-47-20-9-15(33(45)51-13-24-27(39)29(41)32(44)36(55-24)54-19-8-6-17(37)12-21(19)48-2)5-7-18(20)53-35-31(43)30(42)28(40)25(56-35)14-52-34(46)16-10-22(49-3)26(38)23(11-16)50-4/h5-12,24-25,27-32,35-44H,13-14H2,1-4H3/t24-,25-,27-,28-,29+,30+,31-,32-,35-,36-/m1/s1. The number of phenolic OH excluding ortho intramolecular Hbond substituents is 2. The molecule has 0 bridgehead atoms. The summed E-state index contributed by atoms with van der Waals surface area (Å²) < 4.78 is 53.8. The van der Waals surface area contributed by atoms with Crippen LogP contribution in [-0.4, -0.2) is 156 Å². The second kappa shape index (κ2) is 18.1. The van der Waals surface area contributed by atoms with Gasteiger partial charge in [-0.3, -0.25) is 0 Å². The molecule has 2 heterocycles. The van der Waals surface area contributed by atoms with Crippen LogP contribution in [0, 0.1) is 0 Å². The van der Waals surface area contributed by atoms with Gasteiger partial charge in [0.25, 0.3) is 0 Å². The molecule has 56 heavy (non-hydrogen) atoms. The first-order chi connectivity index (χ1) is 26.7. The number of aliphatic hydroxyl groups excluding tert-OH is 6. The summed E-state index contributed by atoms with van der Waals surface area (Å²) >= 11 is 0. The van der Waals surface area contributed by atoms with Gasteiger partial charge in [0.05, 0.1) is 39.6 Å². The number of carbonyl (C=O) groups excluding carboxylic acids is 2. The molecule has 0 aliphatic carbocycles. The van der Waals surface area contributed by atoms with Crippen LogP contribution in [0.1, 0.15) is 20.7 Å². The molecule has 306 valence electrons. The summed E-state index contributed by atoms with van der Waals surface area (Å²) in [4.78, 5) is 25.9. The first kappa shape index (κ1) is 41.8. The van der Waals surface area contributed by atoms with Crippen molar-refractivity contribution in [3.05, 3.63) is 59.7 Å². The van der Waals surface area contributed by atoms with Crippen molar-refractivity contribution in [2.75, 3.05) is 41.7 Å². The third kappa shape index (κ3) is 9.03. The van der Waals surface area contributed by atoms with Crippen LogP contribution < -0.4 is 28.4 Å². The highest BCUT2D eigenvalue weighted by molar-refractivity contribution is 5.91. The van der Waals surface area contributed by atoms with Gasteiger partial charge in [0.15, 0.2) is 34.5 Å². The van der Waals surface area contributed by atoms with Gasteiger partial charge in [0, 0.05) is 6.07 Å². The molecular weight excluding hydrogens is 752 g/mol. The Morgan fingerprint density at radius 1 is 0.518 bits per heavy atom. The zero-order valence-corrected chi connectivity index (χ0v) is 30.3. The zero-order valence-electron chi connectivity index (χ0n) is 30.3. The Bertz CT molecular complexity index is 1810. The van der Waals surface area contributed by atoms with E-state index < -0.39 is 86.6 Å². The number of benzene rings is 3. The number of esters is 2. The van der Waals surface area contributed by atoms with Crippen molar-refractivity contribution in [3.8, 4) is 46.0 Å². The fourth-order valence-electron chi connectivity index (χ4n) is 5.69. The van der Waals surface area contributed by atoms with Crippen molar-refractivity contribution < 1.29 is 97.8 Å². The summed E-state index contributed by atoms with van der Waals surface area (Å²) in [6.07, 6.45) is -16.5. The minimum atomic E-state index is -1.82. The lowest BCUT2D eigenvalue weighted by atomic mass is 9.99. The van der Waals surface area contributed by atoms with E-state index in [4.69, 9.17) is 47.4 Å². The SMILES string of the molecule is COc1cc(O)ccc1O[C@@H]1O[C@H](COC(=O)c2ccc(O[C@@H]3O[C@H](COC(=O)c4cc(OC)c(O)c(OC)c4)[C@@H](O)[C@H](O)[C@H]3O)c(OC)c2)[C@@H](O)[C@H](O)[C@H]1O. The van der Waals surface area contributed by atoms with Gasteiger partial charge >= 0.3 is 11.9 Å². The maximum atomic E-state index is 13.1. The van der Waals surface area contributed by atoms with Crippen LogP contribution in [-0.2, 0) is 18.9 Å². The van der Waals surface area contributed by atoms with Crippen molar-refractivity contribution in [3.63, 3.8) is 0 Å². The van der Waals surface area contributed by atoms with Gasteiger partial charge in [-0.15, -0.1) is 0 Å². The Labute approximate surface area is 318 Å². The molecule has 3 aromatic carbocycles. The van der Waals surface area contributed by atoms with Gasteiger partial charge in [0.2, 0.25) is 18.3 Å². The van der Waals surface area contributed by atoms with E-state index in [1.165, 1.54) is 77.0 Å². The number of ether oxygens (including phenoxy) is 10. The predicted molar refractivity (Wildman–Crippen MR) is 184 cm³/mol.